The number of aromatic hydroxyl groups is 1. The van der Waals surface area contributed by atoms with Crippen molar-refractivity contribution in [3.8, 4) is 5.75 Å². The van der Waals surface area contributed by atoms with Gasteiger partial charge >= 0.3 is 0 Å². The van der Waals surface area contributed by atoms with Crippen molar-refractivity contribution < 1.29 is 5.11 Å². The van der Waals surface area contributed by atoms with Crippen LogP contribution in [0.5, 0.6) is 5.75 Å². The molecule has 0 spiro atoms. The van der Waals surface area contributed by atoms with Crippen molar-refractivity contribution in [1.29, 1.82) is 0 Å². The SMILES string of the molecule is CCCCc1cc2c(cc1O)[C@@]13CCCC[C@H]1[C@@H](C2)NCC3. The van der Waals surface area contributed by atoms with Gasteiger partial charge in [0.1, 0.15) is 5.75 Å². The Morgan fingerprint density at radius 1 is 1.27 bits per heavy atom. The molecule has 2 fully saturated rings. The van der Waals surface area contributed by atoms with Gasteiger partial charge in [0.25, 0.3) is 0 Å². The Balaban J connectivity index is 1.78. The van der Waals surface area contributed by atoms with Crippen LogP contribution in [0.15, 0.2) is 12.1 Å². The molecule has 1 aliphatic heterocycles. The van der Waals surface area contributed by atoms with E-state index in [-0.39, 0.29) is 0 Å². The lowest BCUT2D eigenvalue weighted by molar-refractivity contribution is 0.0795. The quantitative estimate of drug-likeness (QED) is 0.881. The monoisotopic (exact) mass is 299 g/mol. The van der Waals surface area contributed by atoms with Crippen molar-refractivity contribution in [1.82, 2.24) is 5.32 Å². The van der Waals surface area contributed by atoms with Crippen molar-refractivity contribution >= 4 is 0 Å². The van der Waals surface area contributed by atoms with Crippen LogP contribution in [0.1, 0.15) is 68.6 Å². The molecule has 3 aliphatic rings. The van der Waals surface area contributed by atoms with Crippen LogP contribution in [0.25, 0.3) is 0 Å². The third-order valence-electron chi connectivity index (χ3n) is 6.64. The second-order valence-electron chi connectivity index (χ2n) is 7.76. The number of fused-ring (bicyclic) bond motifs is 1. The Kier molecular flexibility index (Phi) is 3.68. The van der Waals surface area contributed by atoms with E-state index in [4.69, 9.17) is 0 Å². The molecule has 2 nitrogen and oxygen atoms in total. The molecule has 1 saturated carbocycles. The molecule has 22 heavy (non-hydrogen) atoms. The van der Waals surface area contributed by atoms with Crippen LogP contribution in [0.4, 0.5) is 0 Å². The number of piperidine rings is 1. The average molecular weight is 299 g/mol. The second kappa shape index (κ2) is 5.56. The highest BCUT2D eigenvalue weighted by atomic mass is 16.3. The van der Waals surface area contributed by atoms with Gasteiger partial charge in [-0.2, -0.15) is 0 Å². The number of phenolic OH excluding ortho intramolecular Hbond substituents is 1. The predicted molar refractivity (Wildman–Crippen MR) is 90.5 cm³/mol. The summed E-state index contributed by atoms with van der Waals surface area (Å²) in [6.07, 6.45) is 11.3. The van der Waals surface area contributed by atoms with Crippen LogP contribution in [0.2, 0.25) is 0 Å². The largest absolute Gasteiger partial charge is 0.508 e. The maximum Gasteiger partial charge on any atom is 0.119 e. The zero-order valence-corrected chi connectivity index (χ0v) is 13.8. The van der Waals surface area contributed by atoms with Gasteiger partial charge in [-0.15, -0.1) is 0 Å². The van der Waals surface area contributed by atoms with E-state index < -0.39 is 0 Å². The van der Waals surface area contributed by atoms with Gasteiger partial charge in [0, 0.05) is 11.5 Å². The second-order valence-corrected chi connectivity index (χ2v) is 7.76. The minimum absolute atomic E-state index is 0.364. The first-order chi connectivity index (χ1) is 10.7. The summed E-state index contributed by atoms with van der Waals surface area (Å²) in [5, 5.41) is 14.4. The van der Waals surface area contributed by atoms with Crippen LogP contribution in [-0.2, 0) is 18.3 Å². The molecule has 1 aromatic rings. The maximum atomic E-state index is 10.6. The smallest absolute Gasteiger partial charge is 0.119 e. The van der Waals surface area contributed by atoms with Gasteiger partial charge in [-0.05, 0) is 73.7 Å². The van der Waals surface area contributed by atoms with E-state index in [0.29, 0.717) is 17.2 Å². The van der Waals surface area contributed by atoms with Gasteiger partial charge in [0.15, 0.2) is 0 Å². The summed E-state index contributed by atoms with van der Waals surface area (Å²) < 4.78 is 0. The summed E-state index contributed by atoms with van der Waals surface area (Å²) in [5.74, 6) is 1.35. The van der Waals surface area contributed by atoms with E-state index in [1.807, 2.05) is 0 Å². The molecule has 2 N–H and O–H groups in total. The Morgan fingerprint density at radius 2 is 2.18 bits per heavy atom. The molecule has 0 unspecified atom stereocenters. The molecule has 1 aromatic carbocycles. The van der Waals surface area contributed by atoms with Gasteiger partial charge in [0.2, 0.25) is 0 Å². The Hall–Kier alpha value is -1.02. The summed E-state index contributed by atoms with van der Waals surface area (Å²) in [6, 6.07) is 5.18. The predicted octanol–water partition coefficient (Wildman–Crippen LogP) is 4.08. The van der Waals surface area contributed by atoms with Crippen LogP contribution in [-0.4, -0.2) is 17.7 Å². The van der Waals surface area contributed by atoms with E-state index in [1.165, 1.54) is 68.1 Å². The molecule has 0 aromatic heterocycles. The summed E-state index contributed by atoms with van der Waals surface area (Å²) >= 11 is 0. The number of aryl methyl sites for hydroxylation is 1. The van der Waals surface area contributed by atoms with Crippen molar-refractivity contribution in [2.45, 2.75) is 76.2 Å². The fraction of sp³-hybridized carbons (Fsp3) is 0.700. The molecule has 1 saturated heterocycles. The molecular weight excluding hydrogens is 270 g/mol. The highest BCUT2D eigenvalue weighted by Gasteiger charge is 2.51. The normalized spacial score (nSPS) is 33.1. The number of benzene rings is 1. The lowest BCUT2D eigenvalue weighted by Gasteiger charge is -2.56. The van der Waals surface area contributed by atoms with Crippen LogP contribution in [0.3, 0.4) is 0 Å². The summed E-state index contributed by atoms with van der Waals surface area (Å²) in [5.41, 5.74) is 4.57. The topological polar surface area (TPSA) is 32.3 Å². The van der Waals surface area contributed by atoms with Gasteiger partial charge in [-0.25, -0.2) is 0 Å². The maximum absolute atomic E-state index is 10.6. The Bertz CT molecular complexity index is 563. The van der Waals surface area contributed by atoms with Gasteiger partial charge in [-0.1, -0.05) is 32.3 Å². The highest BCUT2D eigenvalue weighted by Crippen LogP contribution is 2.54. The molecular formula is C20H29NO. The number of hydrogen-bond acceptors (Lipinski definition) is 2. The first kappa shape index (κ1) is 14.6. The molecule has 0 amide bonds. The van der Waals surface area contributed by atoms with Crippen molar-refractivity contribution in [2.75, 3.05) is 6.54 Å². The van der Waals surface area contributed by atoms with Crippen LogP contribution < -0.4 is 5.32 Å². The molecule has 0 radical (unpaired) electrons. The van der Waals surface area contributed by atoms with Crippen LogP contribution in [0, 0.1) is 5.92 Å². The van der Waals surface area contributed by atoms with Gasteiger partial charge < -0.3 is 10.4 Å². The summed E-state index contributed by atoms with van der Waals surface area (Å²) in [6.45, 7) is 3.37. The molecule has 2 aliphatic carbocycles. The first-order valence-corrected chi connectivity index (χ1v) is 9.33. The zero-order chi connectivity index (χ0) is 15.2. The number of nitrogens with one attached hydrogen (secondary N) is 1. The number of unbranched alkanes of at least 4 members (excludes halogenated alkanes) is 1. The summed E-state index contributed by atoms with van der Waals surface area (Å²) in [4.78, 5) is 0. The molecule has 2 bridgehead atoms. The molecule has 4 rings (SSSR count). The fourth-order valence-electron chi connectivity index (χ4n) is 5.59. The van der Waals surface area contributed by atoms with E-state index in [9.17, 15) is 5.11 Å². The van der Waals surface area contributed by atoms with Gasteiger partial charge in [0.05, 0.1) is 0 Å². The third-order valence-corrected chi connectivity index (χ3v) is 6.64. The Morgan fingerprint density at radius 3 is 3.05 bits per heavy atom. The average Bonchev–Trinajstić information content (AvgIpc) is 2.54. The first-order valence-electron chi connectivity index (χ1n) is 9.33. The van der Waals surface area contributed by atoms with Crippen molar-refractivity contribution in [3.63, 3.8) is 0 Å². The number of rotatable bonds is 3. The van der Waals surface area contributed by atoms with Crippen molar-refractivity contribution in [2.24, 2.45) is 5.92 Å². The van der Waals surface area contributed by atoms with Crippen LogP contribution >= 0.6 is 0 Å². The lowest BCUT2D eigenvalue weighted by Crippen LogP contribution is -2.59. The molecule has 1 heterocycles. The summed E-state index contributed by atoms with van der Waals surface area (Å²) in [7, 11) is 0. The Labute approximate surface area is 134 Å². The van der Waals surface area contributed by atoms with Crippen molar-refractivity contribution in [3.05, 3.63) is 28.8 Å². The third kappa shape index (κ3) is 2.11. The van der Waals surface area contributed by atoms with E-state index in [1.54, 1.807) is 0 Å². The minimum Gasteiger partial charge on any atom is -0.508 e. The fourth-order valence-corrected chi connectivity index (χ4v) is 5.59. The number of hydrogen-bond donors (Lipinski definition) is 2. The molecule has 2 heteroatoms. The molecule has 120 valence electrons. The van der Waals surface area contributed by atoms with Gasteiger partial charge in [-0.3, -0.25) is 0 Å². The highest BCUT2D eigenvalue weighted by molar-refractivity contribution is 5.49. The number of phenols is 1. The lowest BCUT2D eigenvalue weighted by atomic mass is 9.52. The molecule has 3 atom stereocenters. The van der Waals surface area contributed by atoms with E-state index in [2.05, 4.69) is 24.4 Å². The van der Waals surface area contributed by atoms with E-state index >= 15 is 0 Å². The van der Waals surface area contributed by atoms with E-state index in [0.717, 1.165) is 18.9 Å². The zero-order valence-electron chi connectivity index (χ0n) is 13.8. The minimum atomic E-state index is 0.364. The standard InChI is InChI=1S/C20H29NO/c1-2-3-6-14-11-15-12-18-16-7-4-5-8-20(16,9-10-21-18)17(15)13-19(14)22/h11,13,16,18,21-22H,2-10,12H2,1H3/t16-,18+,20+/m0/s1.